The van der Waals surface area contributed by atoms with Crippen LogP contribution in [0.2, 0.25) is 5.15 Å². The Balaban J connectivity index is 1.77. The van der Waals surface area contributed by atoms with E-state index in [4.69, 9.17) is 21.1 Å². The largest absolute Gasteiger partial charge is 0.486 e. The Kier molecular flexibility index (Phi) is 3.39. The van der Waals surface area contributed by atoms with E-state index in [-0.39, 0.29) is 16.8 Å². The van der Waals surface area contributed by atoms with Gasteiger partial charge in [-0.05, 0) is 24.3 Å². The summed E-state index contributed by atoms with van der Waals surface area (Å²) in [6.45, 7) is 1.02. The van der Waals surface area contributed by atoms with Crippen molar-refractivity contribution in [2.45, 2.75) is 0 Å². The Hall–Kier alpha value is -2.34. The predicted molar refractivity (Wildman–Crippen MR) is 72.4 cm³/mol. The van der Waals surface area contributed by atoms with Crippen molar-refractivity contribution >= 4 is 23.2 Å². The highest BCUT2D eigenvalue weighted by atomic mass is 35.5. The lowest BCUT2D eigenvalue weighted by Gasteiger charge is -2.18. The van der Waals surface area contributed by atoms with Gasteiger partial charge in [0.05, 0.1) is 0 Å². The molecule has 102 valence electrons. The third-order valence-electron chi connectivity index (χ3n) is 2.66. The lowest BCUT2D eigenvalue weighted by Crippen LogP contribution is -2.17. The van der Waals surface area contributed by atoms with E-state index in [2.05, 4.69) is 15.5 Å². The molecule has 6 nitrogen and oxygen atoms in total. The fourth-order valence-corrected chi connectivity index (χ4v) is 1.85. The molecule has 1 aliphatic rings. The number of anilines is 1. The number of hydrogen-bond acceptors (Lipinski definition) is 5. The SMILES string of the molecule is O=C(Nc1ccc2c(c1)OCCO2)c1ccc(Cl)nn1. The Morgan fingerprint density at radius 1 is 1.10 bits per heavy atom. The van der Waals surface area contributed by atoms with Crippen LogP contribution in [0.15, 0.2) is 30.3 Å². The van der Waals surface area contributed by atoms with Crippen LogP contribution in [0, 0.1) is 0 Å². The van der Waals surface area contributed by atoms with E-state index >= 15 is 0 Å². The summed E-state index contributed by atoms with van der Waals surface area (Å²) in [4.78, 5) is 12.0. The van der Waals surface area contributed by atoms with Gasteiger partial charge in [0.2, 0.25) is 0 Å². The van der Waals surface area contributed by atoms with Crippen molar-refractivity contribution in [3.8, 4) is 11.5 Å². The summed E-state index contributed by atoms with van der Waals surface area (Å²) >= 11 is 5.62. The number of fused-ring (bicyclic) bond motifs is 1. The van der Waals surface area contributed by atoms with Crippen molar-refractivity contribution in [2.24, 2.45) is 0 Å². The second-order valence-electron chi connectivity index (χ2n) is 4.05. The maximum atomic E-state index is 12.0. The zero-order valence-electron chi connectivity index (χ0n) is 10.3. The summed E-state index contributed by atoms with van der Waals surface area (Å²) in [5.74, 6) is 0.905. The zero-order valence-corrected chi connectivity index (χ0v) is 11.1. The van der Waals surface area contributed by atoms with Crippen LogP contribution in [0.4, 0.5) is 5.69 Å². The highest BCUT2D eigenvalue weighted by molar-refractivity contribution is 6.29. The van der Waals surface area contributed by atoms with Crippen LogP contribution in [0.3, 0.4) is 0 Å². The molecule has 2 heterocycles. The highest BCUT2D eigenvalue weighted by Gasteiger charge is 2.14. The Morgan fingerprint density at radius 3 is 2.65 bits per heavy atom. The number of benzene rings is 1. The van der Waals surface area contributed by atoms with E-state index in [0.717, 1.165) is 0 Å². The average molecular weight is 292 g/mol. The number of nitrogens with zero attached hydrogens (tertiary/aromatic N) is 2. The number of amides is 1. The topological polar surface area (TPSA) is 73.3 Å². The standard InChI is InChI=1S/C13H10ClN3O3/c14-12-4-2-9(16-17-12)13(18)15-8-1-3-10-11(7-8)20-6-5-19-10/h1-4,7H,5-6H2,(H,15,18). The van der Waals surface area contributed by atoms with Crippen LogP contribution in [0.25, 0.3) is 0 Å². The molecule has 2 aromatic rings. The molecule has 0 aliphatic carbocycles. The highest BCUT2D eigenvalue weighted by Crippen LogP contribution is 2.32. The number of halogens is 1. The molecule has 0 unspecified atom stereocenters. The van der Waals surface area contributed by atoms with Gasteiger partial charge in [0, 0.05) is 11.8 Å². The number of carbonyl (C=O) groups is 1. The van der Waals surface area contributed by atoms with Crippen molar-refractivity contribution < 1.29 is 14.3 Å². The first-order valence-corrected chi connectivity index (χ1v) is 6.30. The van der Waals surface area contributed by atoms with Crippen LogP contribution >= 0.6 is 11.6 Å². The van der Waals surface area contributed by atoms with E-state index in [1.807, 2.05) is 0 Å². The monoisotopic (exact) mass is 291 g/mol. The van der Waals surface area contributed by atoms with Gasteiger partial charge < -0.3 is 14.8 Å². The zero-order chi connectivity index (χ0) is 13.9. The van der Waals surface area contributed by atoms with Crippen LogP contribution in [0.5, 0.6) is 11.5 Å². The molecular formula is C13H10ClN3O3. The van der Waals surface area contributed by atoms with Gasteiger partial charge in [-0.3, -0.25) is 4.79 Å². The molecule has 1 aromatic carbocycles. The number of aromatic nitrogens is 2. The first-order chi connectivity index (χ1) is 9.72. The minimum Gasteiger partial charge on any atom is -0.486 e. The molecule has 1 amide bonds. The van der Waals surface area contributed by atoms with Crippen LogP contribution < -0.4 is 14.8 Å². The van der Waals surface area contributed by atoms with Gasteiger partial charge in [0.1, 0.15) is 13.2 Å². The molecule has 3 rings (SSSR count). The third kappa shape index (κ3) is 2.65. The van der Waals surface area contributed by atoms with Crippen LogP contribution in [-0.4, -0.2) is 29.3 Å². The smallest absolute Gasteiger partial charge is 0.276 e. The normalized spacial score (nSPS) is 12.8. The second kappa shape index (κ2) is 5.34. The van der Waals surface area contributed by atoms with Crippen molar-refractivity contribution in [3.63, 3.8) is 0 Å². The summed E-state index contributed by atoms with van der Waals surface area (Å²) < 4.78 is 10.9. The Morgan fingerprint density at radius 2 is 1.90 bits per heavy atom. The molecule has 0 saturated carbocycles. The van der Waals surface area contributed by atoms with Crippen molar-refractivity contribution in [1.82, 2.24) is 10.2 Å². The fourth-order valence-electron chi connectivity index (χ4n) is 1.75. The van der Waals surface area contributed by atoms with E-state index in [1.165, 1.54) is 12.1 Å². The molecule has 1 aromatic heterocycles. The quantitative estimate of drug-likeness (QED) is 0.918. The maximum absolute atomic E-state index is 12.0. The average Bonchev–Trinajstić information content (AvgIpc) is 2.48. The molecule has 0 saturated heterocycles. The van der Waals surface area contributed by atoms with Gasteiger partial charge in [-0.1, -0.05) is 11.6 Å². The fraction of sp³-hybridized carbons (Fsp3) is 0.154. The molecule has 0 spiro atoms. The van der Waals surface area contributed by atoms with Gasteiger partial charge in [0.15, 0.2) is 22.3 Å². The van der Waals surface area contributed by atoms with E-state index in [0.29, 0.717) is 30.4 Å². The molecule has 0 fully saturated rings. The first kappa shape index (κ1) is 12.7. The first-order valence-electron chi connectivity index (χ1n) is 5.92. The number of nitrogens with one attached hydrogen (secondary N) is 1. The number of carbonyl (C=O) groups excluding carboxylic acids is 1. The molecule has 20 heavy (non-hydrogen) atoms. The summed E-state index contributed by atoms with van der Waals surface area (Å²) in [7, 11) is 0. The summed E-state index contributed by atoms with van der Waals surface area (Å²) in [5, 5.41) is 10.3. The van der Waals surface area contributed by atoms with Crippen molar-refractivity contribution in [3.05, 3.63) is 41.2 Å². The van der Waals surface area contributed by atoms with Crippen LogP contribution in [0.1, 0.15) is 10.5 Å². The number of ether oxygens (including phenoxy) is 2. The summed E-state index contributed by atoms with van der Waals surface area (Å²) in [5.41, 5.74) is 0.778. The predicted octanol–water partition coefficient (Wildman–Crippen LogP) is 2.15. The minimum absolute atomic E-state index is 0.185. The molecular weight excluding hydrogens is 282 g/mol. The van der Waals surface area contributed by atoms with Gasteiger partial charge in [-0.15, -0.1) is 10.2 Å². The third-order valence-corrected chi connectivity index (χ3v) is 2.87. The summed E-state index contributed by atoms with van der Waals surface area (Å²) in [6.07, 6.45) is 0. The number of hydrogen-bond donors (Lipinski definition) is 1. The molecule has 1 N–H and O–H groups in total. The van der Waals surface area contributed by atoms with E-state index in [1.54, 1.807) is 18.2 Å². The van der Waals surface area contributed by atoms with Crippen molar-refractivity contribution in [1.29, 1.82) is 0 Å². The van der Waals surface area contributed by atoms with Gasteiger partial charge in [-0.25, -0.2) is 0 Å². The molecule has 0 bridgehead atoms. The number of rotatable bonds is 2. The van der Waals surface area contributed by atoms with Gasteiger partial charge in [-0.2, -0.15) is 0 Å². The lowest BCUT2D eigenvalue weighted by molar-refractivity contribution is 0.102. The van der Waals surface area contributed by atoms with Crippen molar-refractivity contribution in [2.75, 3.05) is 18.5 Å². The van der Waals surface area contributed by atoms with E-state index < -0.39 is 0 Å². The van der Waals surface area contributed by atoms with E-state index in [9.17, 15) is 4.79 Å². The van der Waals surface area contributed by atoms with Gasteiger partial charge in [0.25, 0.3) is 5.91 Å². The molecule has 0 atom stereocenters. The molecule has 7 heteroatoms. The lowest BCUT2D eigenvalue weighted by atomic mass is 10.2. The van der Waals surface area contributed by atoms with Gasteiger partial charge >= 0.3 is 0 Å². The maximum Gasteiger partial charge on any atom is 0.276 e. The van der Waals surface area contributed by atoms with Crippen LogP contribution in [-0.2, 0) is 0 Å². The Bertz CT molecular complexity index is 646. The minimum atomic E-state index is -0.370. The Labute approximate surface area is 119 Å². The second-order valence-corrected chi connectivity index (χ2v) is 4.44. The molecule has 1 aliphatic heterocycles. The molecule has 0 radical (unpaired) electrons. The summed E-state index contributed by atoms with van der Waals surface area (Å²) in [6, 6.07) is 8.19.